The Morgan fingerprint density at radius 1 is 1.43 bits per heavy atom. The maximum Gasteiger partial charge on any atom is 0.270 e. The molecule has 0 unspecified atom stereocenters. The van der Waals surface area contributed by atoms with E-state index in [-0.39, 0.29) is 29.0 Å². The number of rotatable bonds is 3. The lowest BCUT2D eigenvalue weighted by atomic mass is 9.77. The summed E-state index contributed by atoms with van der Waals surface area (Å²) in [5.41, 5.74) is 5.96. The fraction of sp³-hybridized carbons (Fsp3) is 0.333. The summed E-state index contributed by atoms with van der Waals surface area (Å²) in [5.74, 6) is 0.671. The van der Waals surface area contributed by atoms with Gasteiger partial charge in [-0.1, -0.05) is 16.8 Å². The Kier molecular flexibility index (Phi) is 4.18. The van der Waals surface area contributed by atoms with Crippen LogP contribution in [0.3, 0.4) is 0 Å². The van der Waals surface area contributed by atoms with E-state index in [4.69, 9.17) is 21.9 Å². The third kappa shape index (κ3) is 2.72. The number of benzene rings is 1. The van der Waals surface area contributed by atoms with Crippen LogP contribution in [-0.2, 0) is 5.54 Å². The van der Waals surface area contributed by atoms with Crippen molar-refractivity contribution in [1.29, 1.82) is 0 Å². The van der Waals surface area contributed by atoms with Crippen LogP contribution in [0.5, 0.6) is 0 Å². The molecule has 1 heterocycles. The second-order valence-electron chi connectivity index (χ2n) is 4.85. The predicted octanol–water partition coefficient (Wildman–Crippen LogP) is 3.06. The third-order valence-electron chi connectivity index (χ3n) is 3.51. The highest BCUT2D eigenvalue weighted by molar-refractivity contribution is 6.33. The van der Waals surface area contributed by atoms with Crippen LogP contribution in [0, 0.1) is 10.1 Å². The zero-order valence-corrected chi connectivity index (χ0v) is 12.4. The third-order valence-corrected chi connectivity index (χ3v) is 3.82. The smallest absolute Gasteiger partial charge is 0.270 e. The van der Waals surface area contributed by atoms with Crippen molar-refractivity contribution in [1.82, 2.24) is 10.1 Å². The topological polar surface area (TPSA) is 108 Å². The summed E-state index contributed by atoms with van der Waals surface area (Å²) in [6, 6.07) is 4.08. The largest absolute Gasteiger partial charge is 0.334 e. The minimum Gasteiger partial charge on any atom is -0.334 e. The summed E-state index contributed by atoms with van der Waals surface area (Å²) in [5, 5.41) is 14.7. The Hall–Kier alpha value is -1.70. The van der Waals surface area contributed by atoms with Crippen molar-refractivity contribution in [2.24, 2.45) is 5.73 Å². The standard InChI is InChI=1S/C12H11ClN4O3.ClH/c13-9-6-7(17(18)19)2-3-8(9)10-15-11(16-20-10)12(14)4-1-5-12;/h2-3,6H,1,4-5,14H2;1H. The number of nitro benzene ring substituents is 1. The molecule has 1 fully saturated rings. The van der Waals surface area contributed by atoms with Gasteiger partial charge in [-0.3, -0.25) is 10.1 Å². The van der Waals surface area contributed by atoms with Crippen molar-refractivity contribution in [2.75, 3.05) is 0 Å². The molecule has 112 valence electrons. The zero-order valence-electron chi connectivity index (χ0n) is 10.8. The predicted molar refractivity (Wildman–Crippen MR) is 78.4 cm³/mol. The summed E-state index contributed by atoms with van der Waals surface area (Å²) in [4.78, 5) is 14.4. The zero-order chi connectivity index (χ0) is 14.3. The van der Waals surface area contributed by atoms with Gasteiger partial charge in [-0.05, 0) is 25.3 Å². The summed E-state index contributed by atoms with van der Waals surface area (Å²) in [7, 11) is 0. The normalized spacial score (nSPS) is 15.9. The molecular weight excluding hydrogens is 319 g/mol. The van der Waals surface area contributed by atoms with Crippen molar-refractivity contribution in [3.05, 3.63) is 39.2 Å². The number of nitrogens with two attached hydrogens (primary N) is 1. The summed E-state index contributed by atoms with van der Waals surface area (Å²) >= 11 is 6.02. The van der Waals surface area contributed by atoms with Crippen LogP contribution in [0.1, 0.15) is 25.1 Å². The molecule has 9 heteroatoms. The molecule has 7 nitrogen and oxygen atoms in total. The van der Waals surface area contributed by atoms with Crippen molar-refractivity contribution >= 4 is 29.7 Å². The monoisotopic (exact) mass is 330 g/mol. The molecule has 1 aromatic heterocycles. The lowest BCUT2D eigenvalue weighted by Gasteiger charge is -2.34. The van der Waals surface area contributed by atoms with Gasteiger partial charge in [-0.25, -0.2) is 0 Å². The molecule has 1 saturated carbocycles. The van der Waals surface area contributed by atoms with Gasteiger partial charge in [0, 0.05) is 12.1 Å². The van der Waals surface area contributed by atoms with E-state index in [1.165, 1.54) is 18.2 Å². The van der Waals surface area contributed by atoms with Crippen LogP contribution in [-0.4, -0.2) is 15.1 Å². The van der Waals surface area contributed by atoms with Gasteiger partial charge in [0.05, 0.1) is 21.0 Å². The number of nitro groups is 1. The molecule has 0 amide bonds. The average Bonchev–Trinajstić information content (AvgIpc) is 2.85. The van der Waals surface area contributed by atoms with Crippen molar-refractivity contribution < 1.29 is 9.45 Å². The van der Waals surface area contributed by atoms with Crippen LogP contribution in [0.25, 0.3) is 11.5 Å². The first kappa shape index (κ1) is 15.7. The quantitative estimate of drug-likeness (QED) is 0.684. The van der Waals surface area contributed by atoms with Gasteiger partial charge >= 0.3 is 0 Å². The van der Waals surface area contributed by atoms with Gasteiger partial charge in [0.1, 0.15) is 0 Å². The number of hydrogen-bond donors (Lipinski definition) is 1. The minimum atomic E-state index is -0.519. The maximum atomic E-state index is 10.7. The summed E-state index contributed by atoms with van der Waals surface area (Å²) < 4.78 is 5.16. The van der Waals surface area contributed by atoms with Crippen molar-refractivity contribution in [2.45, 2.75) is 24.8 Å². The Morgan fingerprint density at radius 2 is 2.14 bits per heavy atom. The Morgan fingerprint density at radius 3 is 2.67 bits per heavy atom. The number of halogens is 2. The first-order valence-corrected chi connectivity index (χ1v) is 6.45. The van der Waals surface area contributed by atoms with Gasteiger partial charge in [-0.15, -0.1) is 12.4 Å². The van der Waals surface area contributed by atoms with Gasteiger partial charge in [0.15, 0.2) is 5.82 Å². The molecule has 0 aliphatic heterocycles. The van der Waals surface area contributed by atoms with Crippen LogP contribution in [0.15, 0.2) is 22.7 Å². The van der Waals surface area contributed by atoms with E-state index in [1.54, 1.807) is 0 Å². The van der Waals surface area contributed by atoms with Gasteiger partial charge < -0.3 is 10.3 Å². The number of aromatic nitrogens is 2. The van der Waals surface area contributed by atoms with Crippen LogP contribution < -0.4 is 5.73 Å². The van der Waals surface area contributed by atoms with E-state index in [0.717, 1.165) is 19.3 Å². The first-order valence-electron chi connectivity index (χ1n) is 6.07. The molecule has 2 aromatic rings. The van der Waals surface area contributed by atoms with E-state index in [0.29, 0.717) is 11.4 Å². The van der Waals surface area contributed by atoms with Gasteiger partial charge in [0.2, 0.25) is 0 Å². The van der Waals surface area contributed by atoms with Gasteiger partial charge in [0.25, 0.3) is 11.6 Å². The molecule has 3 rings (SSSR count). The van der Waals surface area contributed by atoms with E-state index < -0.39 is 10.5 Å². The number of hydrogen-bond acceptors (Lipinski definition) is 6. The van der Waals surface area contributed by atoms with E-state index in [9.17, 15) is 10.1 Å². The fourth-order valence-electron chi connectivity index (χ4n) is 2.11. The van der Waals surface area contributed by atoms with Crippen LogP contribution in [0.2, 0.25) is 5.02 Å². The second-order valence-corrected chi connectivity index (χ2v) is 5.26. The van der Waals surface area contributed by atoms with Crippen LogP contribution in [0.4, 0.5) is 5.69 Å². The lowest BCUT2D eigenvalue weighted by molar-refractivity contribution is -0.384. The van der Waals surface area contributed by atoms with Gasteiger partial charge in [-0.2, -0.15) is 4.98 Å². The summed E-state index contributed by atoms with van der Waals surface area (Å²) in [6.07, 6.45) is 2.68. The highest BCUT2D eigenvalue weighted by atomic mass is 35.5. The van der Waals surface area contributed by atoms with Crippen molar-refractivity contribution in [3.63, 3.8) is 0 Å². The van der Waals surface area contributed by atoms with E-state index >= 15 is 0 Å². The molecule has 1 aliphatic carbocycles. The fourth-order valence-corrected chi connectivity index (χ4v) is 2.36. The molecule has 0 spiro atoms. The SMILES string of the molecule is Cl.NC1(c2noc(-c3ccc([N+](=O)[O-])cc3Cl)n2)CCC1. The minimum absolute atomic E-state index is 0. The molecule has 0 bridgehead atoms. The molecule has 1 aromatic carbocycles. The second kappa shape index (κ2) is 5.59. The van der Waals surface area contributed by atoms with E-state index in [2.05, 4.69) is 10.1 Å². The van der Waals surface area contributed by atoms with E-state index in [1.807, 2.05) is 0 Å². The molecule has 21 heavy (non-hydrogen) atoms. The molecule has 0 saturated heterocycles. The Labute approximate surface area is 131 Å². The number of non-ortho nitro benzene ring substituents is 1. The lowest BCUT2D eigenvalue weighted by Crippen LogP contribution is -2.44. The Bertz CT molecular complexity index is 685. The van der Waals surface area contributed by atoms with Crippen LogP contribution >= 0.6 is 24.0 Å². The molecule has 1 aliphatic rings. The maximum absolute atomic E-state index is 10.7. The average molecular weight is 331 g/mol. The Balaban J connectivity index is 0.00000161. The highest BCUT2D eigenvalue weighted by Crippen LogP contribution is 2.38. The molecule has 0 atom stereocenters. The van der Waals surface area contributed by atoms with Crippen molar-refractivity contribution in [3.8, 4) is 11.5 Å². The molecule has 0 radical (unpaired) electrons. The highest BCUT2D eigenvalue weighted by Gasteiger charge is 2.39. The molecule has 2 N–H and O–H groups in total. The summed E-state index contributed by atoms with van der Waals surface area (Å²) in [6.45, 7) is 0. The molecular formula is C12H12Cl2N4O3. The number of nitrogens with zero attached hydrogens (tertiary/aromatic N) is 3. The first-order chi connectivity index (χ1) is 9.49.